The van der Waals surface area contributed by atoms with Crippen LogP contribution < -0.4 is 0 Å². The van der Waals surface area contributed by atoms with E-state index in [2.05, 4.69) is 109 Å². The van der Waals surface area contributed by atoms with Gasteiger partial charge in [-0.3, -0.25) is 9.41 Å². The van der Waals surface area contributed by atoms with Crippen molar-refractivity contribution in [1.29, 1.82) is 0 Å². The van der Waals surface area contributed by atoms with E-state index < -0.39 is 0 Å². The van der Waals surface area contributed by atoms with Gasteiger partial charge < -0.3 is 14.9 Å². The zero-order valence-corrected chi connectivity index (χ0v) is 24.2. The van der Waals surface area contributed by atoms with E-state index in [4.69, 9.17) is 0 Å². The third-order valence-corrected chi connectivity index (χ3v) is 5.10. The Bertz CT molecular complexity index is 960. The van der Waals surface area contributed by atoms with Gasteiger partial charge in [-0.05, 0) is 11.8 Å². The van der Waals surface area contributed by atoms with E-state index in [9.17, 15) is 0 Å². The van der Waals surface area contributed by atoms with E-state index in [1.165, 1.54) is 67.1 Å². The van der Waals surface area contributed by atoms with Gasteiger partial charge in [0.1, 0.15) is 0 Å². The average molecular weight is 532 g/mol. The first kappa shape index (κ1) is 35.2. The van der Waals surface area contributed by atoms with E-state index in [1.807, 2.05) is 0 Å². The van der Waals surface area contributed by atoms with Crippen LogP contribution >= 0.6 is 0 Å². The fourth-order valence-corrected chi connectivity index (χ4v) is 3.82. The van der Waals surface area contributed by atoms with Crippen LogP contribution in [0.1, 0.15) is 61.8 Å². The Hall–Kier alpha value is -1.38. The molecule has 0 saturated carbocycles. The Morgan fingerprint density at radius 1 is 0.656 bits per heavy atom. The molecule has 0 fully saturated rings. The van der Waals surface area contributed by atoms with Gasteiger partial charge in [0.25, 0.3) is 0 Å². The number of hydrogen-bond donors (Lipinski definition) is 0. The standard InChI is InChI=1S/2C13H15.2CH3.2FH.Si.Zr/c2*1-9(2)12-6-4-5-11-7-10(3)8-13(11)12;;;;;;/h2*4-9H,1-3H3;2*1H3;2*1H;;/q4*-1;;;;. The van der Waals surface area contributed by atoms with Crippen molar-refractivity contribution in [3.05, 3.63) is 97.8 Å². The number of benzene rings is 2. The molecule has 0 aromatic heterocycles. The van der Waals surface area contributed by atoms with Gasteiger partial charge in [0, 0.05) is 0 Å². The topological polar surface area (TPSA) is 0 Å². The summed E-state index contributed by atoms with van der Waals surface area (Å²) in [6, 6.07) is 22.2. The number of halogens is 2. The monoisotopic (exact) mass is 530 g/mol. The Balaban J connectivity index is -0.000000437. The second-order valence-electron chi connectivity index (χ2n) is 8.08. The molecule has 4 aromatic rings. The molecule has 0 heterocycles. The molecule has 0 bridgehead atoms. The zero-order valence-electron chi connectivity index (χ0n) is 20.7. The molecule has 0 saturated heterocycles. The predicted octanol–water partition coefficient (Wildman–Crippen LogP) is 8.80. The van der Waals surface area contributed by atoms with E-state index >= 15 is 0 Å². The molecular formula is C28H38F2SiZr-4. The molecular weight excluding hydrogens is 494 g/mol. The van der Waals surface area contributed by atoms with Crippen LogP contribution in [0.15, 0.2) is 60.7 Å². The van der Waals surface area contributed by atoms with Gasteiger partial charge in [0.2, 0.25) is 0 Å². The second kappa shape index (κ2) is 16.3. The second-order valence-corrected chi connectivity index (χ2v) is 8.08. The van der Waals surface area contributed by atoms with Gasteiger partial charge in [-0.15, -0.1) is 69.1 Å². The first-order valence-electron chi connectivity index (χ1n) is 9.93. The predicted molar refractivity (Wildman–Crippen MR) is 140 cm³/mol. The first-order valence-corrected chi connectivity index (χ1v) is 14.1. The van der Waals surface area contributed by atoms with E-state index in [0.29, 0.717) is 11.8 Å². The van der Waals surface area contributed by atoms with Crippen molar-refractivity contribution in [2.45, 2.75) is 53.4 Å². The zero-order chi connectivity index (χ0) is 20.8. The van der Waals surface area contributed by atoms with Crippen molar-refractivity contribution in [2.24, 2.45) is 0 Å². The summed E-state index contributed by atoms with van der Waals surface area (Å²) in [4.78, 5) is 0. The van der Waals surface area contributed by atoms with Gasteiger partial charge >= 0.3 is 30.2 Å². The number of hydrogen-bond acceptors (Lipinski definition) is 0. The van der Waals surface area contributed by atoms with Crippen LogP contribution in [0.2, 0.25) is 0 Å². The number of rotatable bonds is 2. The molecule has 32 heavy (non-hydrogen) atoms. The molecule has 0 spiro atoms. The summed E-state index contributed by atoms with van der Waals surface area (Å²) in [6.45, 7) is 16.4. The van der Waals surface area contributed by atoms with Gasteiger partial charge in [-0.1, -0.05) is 64.8 Å². The summed E-state index contributed by atoms with van der Waals surface area (Å²) >= 11 is 1.36. The van der Waals surface area contributed by atoms with Crippen LogP contribution in [0.5, 0.6) is 0 Å². The van der Waals surface area contributed by atoms with Crippen molar-refractivity contribution in [3.8, 4) is 0 Å². The van der Waals surface area contributed by atoms with Crippen LogP contribution in [0.4, 0.5) is 9.41 Å². The molecule has 0 aliphatic carbocycles. The van der Waals surface area contributed by atoms with Crippen LogP contribution in [0.25, 0.3) is 21.5 Å². The van der Waals surface area contributed by atoms with Crippen molar-refractivity contribution in [2.75, 3.05) is 0 Å². The molecule has 0 aliphatic rings. The maximum atomic E-state index is 3.06. The van der Waals surface area contributed by atoms with Crippen LogP contribution in [-0.2, 0) is 23.3 Å². The Morgan fingerprint density at radius 3 is 1.25 bits per heavy atom. The minimum atomic E-state index is 0. The Labute approximate surface area is 211 Å². The first-order chi connectivity index (χ1) is 13.4. The van der Waals surface area contributed by atoms with Crippen molar-refractivity contribution >= 4 is 28.4 Å². The molecule has 4 rings (SSSR count). The van der Waals surface area contributed by atoms with Crippen molar-refractivity contribution < 1.29 is 32.7 Å². The van der Waals surface area contributed by atoms with Crippen molar-refractivity contribution in [3.63, 3.8) is 0 Å². The minimum absolute atomic E-state index is 0. The summed E-state index contributed by atoms with van der Waals surface area (Å²) in [5.74, 6) is 1.23. The molecule has 0 unspecified atom stereocenters. The van der Waals surface area contributed by atoms with Gasteiger partial charge in [0.05, 0.1) is 0 Å². The Kier molecular flexibility index (Phi) is 17.9. The quantitative estimate of drug-likeness (QED) is 0.179. The third kappa shape index (κ3) is 8.52. The summed E-state index contributed by atoms with van der Waals surface area (Å²) in [7, 11) is 0. The molecule has 2 radical (unpaired) electrons. The average Bonchev–Trinajstić information content (AvgIpc) is 3.23. The van der Waals surface area contributed by atoms with Crippen LogP contribution in [0.3, 0.4) is 0 Å². The fourth-order valence-electron chi connectivity index (χ4n) is 3.82. The summed E-state index contributed by atoms with van der Waals surface area (Å²) in [6.07, 6.45) is 0. The van der Waals surface area contributed by atoms with Gasteiger partial charge in [-0.25, -0.2) is 0 Å². The van der Waals surface area contributed by atoms with Gasteiger partial charge in [-0.2, -0.15) is 12.1 Å². The Morgan fingerprint density at radius 2 is 0.969 bits per heavy atom. The molecule has 4 heteroatoms. The normalized spacial score (nSPS) is 9.34. The summed E-state index contributed by atoms with van der Waals surface area (Å²) in [5.41, 5.74) is 5.66. The molecule has 176 valence electrons. The molecule has 0 N–H and O–H groups in total. The third-order valence-electron chi connectivity index (χ3n) is 5.10. The maximum absolute atomic E-state index is 3.06. The molecule has 0 aliphatic heterocycles. The van der Waals surface area contributed by atoms with Gasteiger partial charge in [0.15, 0.2) is 0 Å². The van der Waals surface area contributed by atoms with E-state index in [1.54, 1.807) is 0 Å². The molecule has 0 nitrogen and oxygen atoms in total. The van der Waals surface area contributed by atoms with E-state index in [0.717, 1.165) is 0 Å². The van der Waals surface area contributed by atoms with Crippen LogP contribution in [-0.4, -0.2) is 6.88 Å². The van der Waals surface area contributed by atoms with E-state index in [-0.39, 0.29) is 24.3 Å². The van der Waals surface area contributed by atoms with Crippen LogP contribution in [0, 0.1) is 28.7 Å². The SMILES string of the molecule is Cc1cc2c(C(C)C)cccc2[cH-]1.Cc1cc2c(C(C)C)cccc2[cH-]1.F.F.[CH3-].[CH3-].[Si]=[Zr]. The van der Waals surface area contributed by atoms with Crippen molar-refractivity contribution in [1.82, 2.24) is 0 Å². The molecule has 0 amide bonds. The summed E-state index contributed by atoms with van der Waals surface area (Å²) in [5, 5.41) is 5.61. The molecule has 0 atom stereocenters. The number of fused-ring (bicyclic) bond motifs is 2. The molecule has 4 aromatic carbocycles. The summed E-state index contributed by atoms with van der Waals surface area (Å²) < 4.78 is 0. The number of aryl methyl sites for hydroxylation is 2. The fraction of sp³-hybridized carbons (Fsp3) is 0.286.